The molecule has 2 aliphatic rings. The van der Waals surface area contributed by atoms with Crippen molar-refractivity contribution in [2.75, 3.05) is 54.4 Å². The zero-order chi connectivity index (χ0) is 21.2. The molecule has 0 saturated carbocycles. The molecule has 2 saturated heterocycles. The van der Waals surface area contributed by atoms with E-state index >= 15 is 0 Å². The van der Waals surface area contributed by atoms with Crippen LogP contribution >= 0.6 is 12.2 Å². The predicted molar refractivity (Wildman–Crippen MR) is 134 cm³/mol. The topological polar surface area (TPSA) is 34.6 Å². The van der Waals surface area contributed by atoms with Crippen LogP contribution in [0.1, 0.15) is 18.4 Å². The van der Waals surface area contributed by atoms with Gasteiger partial charge in [-0.25, -0.2) is 4.98 Å². The van der Waals surface area contributed by atoms with E-state index in [2.05, 4.69) is 81.5 Å². The van der Waals surface area contributed by atoms with E-state index in [1.165, 1.54) is 29.5 Å². The van der Waals surface area contributed by atoms with Gasteiger partial charge in [0.25, 0.3) is 0 Å². The number of nitrogens with zero attached hydrogens (tertiary/aromatic N) is 4. The Morgan fingerprint density at radius 3 is 2.35 bits per heavy atom. The lowest BCUT2D eigenvalue weighted by atomic mass is 10.1. The molecule has 0 amide bonds. The molecule has 5 nitrogen and oxygen atoms in total. The minimum absolute atomic E-state index is 0.798. The number of anilines is 3. The second-order valence-electron chi connectivity index (χ2n) is 8.46. The van der Waals surface area contributed by atoms with E-state index in [1.807, 2.05) is 0 Å². The number of thiocarbonyl (C=S) groups is 1. The molecule has 2 fully saturated rings. The summed E-state index contributed by atoms with van der Waals surface area (Å²) in [5.74, 6) is 1.11. The van der Waals surface area contributed by atoms with Crippen LogP contribution in [-0.2, 0) is 0 Å². The number of aryl methyl sites for hydroxylation is 1. The van der Waals surface area contributed by atoms with Gasteiger partial charge < -0.3 is 20.0 Å². The number of hydrogen-bond donors (Lipinski definition) is 1. The summed E-state index contributed by atoms with van der Waals surface area (Å²) in [5.41, 5.74) is 4.63. The van der Waals surface area contributed by atoms with Gasteiger partial charge in [-0.1, -0.05) is 18.2 Å². The summed E-state index contributed by atoms with van der Waals surface area (Å²) in [6.45, 7) is 8.21. The standard InChI is InChI=1S/C25H29N5S/c1-19-17-24(29-11-5-6-12-29)27-23-10-9-20(18-22(19)23)26-25(31)30-15-13-28(14-16-30)21-7-3-2-4-8-21/h2-4,7-10,17-18H,5-6,11-16H2,1H3,(H,26,31). The molecule has 3 aromatic rings. The maximum Gasteiger partial charge on any atom is 0.173 e. The lowest BCUT2D eigenvalue weighted by Gasteiger charge is -2.37. The van der Waals surface area contributed by atoms with Crippen molar-refractivity contribution in [3.05, 3.63) is 60.2 Å². The number of aromatic nitrogens is 1. The van der Waals surface area contributed by atoms with E-state index in [-0.39, 0.29) is 0 Å². The van der Waals surface area contributed by atoms with E-state index in [1.54, 1.807) is 0 Å². The van der Waals surface area contributed by atoms with Gasteiger partial charge in [0.2, 0.25) is 0 Å². The van der Waals surface area contributed by atoms with Gasteiger partial charge in [0, 0.05) is 56.0 Å². The monoisotopic (exact) mass is 431 g/mol. The second kappa shape index (κ2) is 8.71. The van der Waals surface area contributed by atoms with Crippen LogP contribution in [0, 0.1) is 6.92 Å². The minimum Gasteiger partial charge on any atom is -0.368 e. The molecule has 1 aromatic heterocycles. The number of pyridine rings is 1. The van der Waals surface area contributed by atoms with Crippen molar-refractivity contribution in [2.24, 2.45) is 0 Å². The van der Waals surface area contributed by atoms with Crippen LogP contribution in [0.25, 0.3) is 10.9 Å². The van der Waals surface area contributed by atoms with Crippen LogP contribution in [0.4, 0.5) is 17.2 Å². The third kappa shape index (κ3) is 4.30. The third-order valence-corrected chi connectivity index (χ3v) is 6.73. The number of fused-ring (bicyclic) bond motifs is 1. The van der Waals surface area contributed by atoms with Crippen molar-refractivity contribution >= 4 is 45.4 Å². The zero-order valence-corrected chi connectivity index (χ0v) is 18.9. The molecule has 2 aromatic carbocycles. The molecule has 5 rings (SSSR count). The SMILES string of the molecule is Cc1cc(N2CCCC2)nc2ccc(NC(=S)N3CCN(c4ccccc4)CC3)cc12. The minimum atomic E-state index is 0.798. The van der Waals surface area contributed by atoms with E-state index in [0.29, 0.717) is 0 Å². The van der Waals surface area contributed by atoms with Crippen LogP contribution in [0.3, 0.4) is 0 Å². The van der Waals surface area contributed by atoms with Crippen LogP contribution in [-0.4, -0.2) is 54.3 Å². The first-order valence-electron chi connectivity index (χ1n) is 11.2. The normalized spacial score (nSPS) is 16.7. The Morgan fingerprint density at radius 2 is 1.61 bits per heavy atom. The molecule has 2 aliphatic heterocycles. The predicted octanol–water partition coefficient (Wildman–Crippen LogP) is 4.66. The Hall–Kier alpha value is -2.86. The molecule has 0 radical (unpaired) electrons. The molecule has 3 heterocycles. The fourth-order valence-electron chi connectivity index (χ4n) is 4.57. The summed E-state index contributed by atoms with van der Waals surface area (Å²) in [5, 5.41) is 5.44. The first-order chi connectivity index (χ1) is 15.2. The zero-order valence-electron chi connectivity index (χ0n) is 18.1. The maximum absolute atomic E-state index is 5.73. The van der Waals surface area contributed by atoms with Crippen LogP contribution in [0.5, 0.6) is 0 Å². The molecule has 1 N–H and O–H groups in total. The highest BCUT2D eigenvalue weighted by Crippen LogP contribution is 2.27. The molecular weight excluding hydrogens is 402 g/mol. The van der Waals surface area contributed by atoms with Gasteiger partial charge in [-0.05, 0) is 73.9 Å². The number of rotatable bonds is 3. The smallest absolute Gasteiger partial charge is 0.173 e. The fraction of sp³-hybridized carbons (Fsp3) is 0.360. The number of piperazine rings is 1. The van der Waals surface area contributed by atoms with Crippen LogP contribution in [0.15, 0.2) is 54.6 Å². The van der Waals surface area contributed by atoms with Crippen LogP contribution < -0.4 is 15.1 Å². The fourth-order valence-corrected chi connectivity index (χ4v) is 4.87. The quantitative estimate of drug-likeness (QED) is 0.608. The van der Waals surface area contributed by atoms with Gasteiger partial charge in [0.1, 0.15) is 5.82 Å². The maximum atomic E-state index is 5.73. The molecule has 0 unspecified atom stereocenters. The van der Waals surface area contributed by atoms with Crippen LogP contribution in [0.2, 0.25) is 0 Å². The van der Waals surface area contributed by atoms with Crippen molar-refractivity contribution in [1.29, 1.82) is 0 Å². The van der Waals surface area contributed by atoms with Crippen molar-refractivity contribution in [2.45, 2.75) is 19.8 Å². The largest absolute Gasteiger partial charge is 0.368 e. The second-order valence-corrected chi connectivity index (χ2v) is 8.85. The highest BCUT2D eigenvalue weighted by molar-refractivity contribution is 7.80. The Kier molecular flexibility index (Phi) is 5.64. The molecule has 0 aliphatic carbocycles. The van der Waals surface area contributed by atoms with E-state index in [9.17, 15) is 0 Å². The van der Waals surface area contributed by atoms with Crippen molar-refractivity contribution in [1.82, 2.24) is 9.88 Å². The molecular formula is C25H29N5S. The molecule has 31 heavy (non-hydrogen) atoms. The Bertz CT molecular complexity index is 1070. The number of para-hydroxylation sites is 1. The Labute approximate surface area is 189 Å². The summed E-state index contributed by atoms with van der Waals surface area (Å²) in [7, 11) is 0. The Morgan fingerprint density at radius 1 is 0.871 bits per heavy atom. The van der Waals surface area contributed by atoms with Gasteiger partial charge in [-0.2, -0.15) is 0 Å². The molecule has 0 bridgehead atoms. The van der Waals surface area contributed by atoms with Crippen molar-refractivity contribution in [3.63, 3.8) is 0 Å². The summed E-state index contributed by atoms with van der Waals surface area (Å²) >= 11 is 5.73. The first-order valence-corrected chi connectivity index (χ1v) is 11.6. The molecule has 0 spiro atoms. The van der Waals surface area contributed by atoms with Gasteiger partial charge in [-0.15, -0.1) is 0 Å². The molecule has 0 atom stereocenters. The van der Waals surface area contributed by atoms with Gasteiger partial charge in [0.05, 0.1) is 5.52 Å². The van der Waals surface area contributed by atoms with Crippen molar-refractivity contribution in [3.8, 4) is 0 Å². The number of nitrogens with one attached hydrogen (secondary N) is 1. The third-order valence-electron chi connectivity index (χ3n) is 6.37. The average Bonchev–Trinajstić information content (AvgIpc) is 3.35. The van der Waals surface area contributed by atoms with Gasteiger partial charge in [0.15, 0.2) is 5.11 Å². The molecule has 160 valence electrons. The number of hydrogen-bond acceptors (Lipinski definition) is 4. The summed E-state index contributed by atoms with van der Waals surface area (Å²) in [6, 6.07) is 19.2. The Balaban J connectivity index is 1.25. The van der Waals surface area contributed by atoms with Crippen molar-refractivity contribution < 1.29 is 0 Å². The first kappa shape index (κ1) is 20.1. The number of benzene rings is 2. The highest BCUT2D eigenvalue weighted by Gasteiger charge is 2.19. The highest BCUT2D eigenvalue weighted by atomic mass is 32.1. The van der Waals surface area contributed by atoms with E-state index in [0.717, 1.165) is 61.4 Å². The summed E-state index contributed by atoms with van der Waals surface area (Å²) in [4.78, 5) is 12.0. The van der Waals surface area contributed by atoms with E-state index in [4.69, 9.17) is 17.2 Å². The lowest BCUT2D eigenvalue weighted by molar-refractivity contribution is 0.391. The lowest BCUT2D eigenvalue weighted by Crippen LogP contribution is -2.50. The summed E-state index contributed by atoms with van der Waals surface area (Å²) in [6.07, 6.45) is 2.53. The average molecular weight is 432 g/mol. The molecule has 6 heteroatoms. The summed E-state index contributed by atoms with van der Waals surface area (Å²) < 4.78 is 0. The van der Waals surface area contributed by atoms with E-state index < -0.39 is 0 Å². The van der Waals surface area contributed by atoms with Gasteiger partial charge in [-0.3, -0.25) is 0 Å². The van der Waals surface area contributed by atoms with Gasteiger partial charge >= 0.3 is 0 Å².